The van der Waals surface area contributed by atoms with E-state index in [1.54, 1.807) is 24.3 Å². The van der Waals surface area contributed by atoms with Gasteiger partial charge in [0, 0.05) is 15.6 Å². The van der Waals surface area contributed by atoms with Crippen LogP contribution in [0.15, 0.2) is 64.0 Å². The van der Waals surface area contributed by atoms with E-state index in [0.29, 0.717) is 25.2 Å². The highest BCUT2D eigenvalue weighted by molar-refractivity contribution is 9.10. The number of benzene rings is 3. The van der Waals surface area contributed by atoms with E-state index in [1.807, 2.05) is 50.2 Å². The monoisotopic (exact) mass is 605 g/mol. The Bertz CT molecular complexity index is 1360. The summed E-state index contributed by atoms with van der Waals surface area (Å²) in [5.74, 6) is 1.04. The van der Waals surface area contributed by atoms with E-state index in [0.717, 1.165) is 39.8 Å². The third-order valence-corrected chi connectivity index (χ3v) is 7.56. The van der Waals surface area contributed by atoms with Gasteiger partial charge in [-0.05, 0) is 94.6 Å². The highest BCUT2D eigenvalue weighted by atomic mass is 79.9. The zero-order chi connectivity index (χ0) is 25.8. The summed E-state index contributed by atoms with van der Waals surface area (Å²) < 4.78 is 12.4. The summed E-state index contributed by atoms with van der Waals surface area (Å²) in [7, 11) is 0. The highest BCUT2D eigenvalue weighted by Crippen LogP contribution is 2.34. The molecule has 1 fully saturated rings. The fourth-order valence-corrected chi connectivity index (χ4v) is 5.31. The molecule has 0 spiro atoms. The second kappa shape index (κ2) is 11.7. The van der Waals surface area contributed by atoms with Crippen LogP contribution in [-0.2, 0) is 11.4 Å². The predicted molar refractivity (Wildman–Crippen MR) is 149 cm³/mol. The highest BCUT2D eigenvalue weighted by Gasteiger charge is 2.34. The number of carbonyl (C=O) groups excluding carboxylic acids is 2. The molecule has 1 aliphatic rings. The van der Waals surface area contributed by atoms with Crippen molar-refractivity contribution >= 4 is 68.1 Å². The first kappa shape index (κ1) is 26.6. The van der Waals surface area contributed by atoms with E-state index in [1.165, 1.54) is 4.90 Å². The van der Waals surface area contributed by atoms with Crippen LogP contribution in [0, 0.1) is 13.8 Å². The number of aryl methyl sites for hydroxylation is 2. The van der Waals surface area contributed by atoms with Crippen molar-refractivity contribution in [1.82, 2.24) is 4.90 Å². The fraction of sp³-hybridized carbons (Fsp3) is 0.185. The van der Waals surface area contributed by atoms with Gasteiger partial charge in [0.25, 0.3) is 11.1 Å². The van der Waals surface area contributed by atoms with Gasteiger partial charge in [0.05, 0.1) is 15.9 Å². The van der Waals surface area contributed by atoms with E-state index in [9.17, 15) is 9.59 Å². The van der Waals surface area contributed by atoms with E-state index in [4.69, 9.17) is 32.7 Å². The topological polar surface area (TPSA) is 55.8 Å². The van der Waals surface area contributed by atoms with E-state index in [2.05, 4.69) is 15.9 Å². The number of hydrogen-bond acceptors (Lipinski definition) is 5. The van der Waals surface area contributed by atoms with Crippen LogP contribution >= 0.6 is 50.9 Å². The molecule has 0 bridgehead atoms. The van der Waals surface area contributed by atoms with Gasteiger partial charge in [-0.2, -0.15) is 0 Å². The maximum atomic E-state index is 12.9. The molecule has 2 amide bonds. The van der Waals surface area contributed by atoms with Crippen LogP contribution in [-0.4, -0.2) is 29.2 Å². The molecule has 3 aromatic carbocycles. The van der Waals surface area contributed by atoms with Crippen molar-refractivity contribution in [3.05, 3.63) is 96.3 Å². The molecule has 5 nitrogen and oxygen atoms in total. The Balaban J connectivity index is 1.38. The maximum Gasteiger partial charge on any atom is 0.293 e. The van der Waals surface area contributed by atoms with Crippen LogP contribution in [0.5, 0.6) is 11.5 Å². The van der Waals surface area contributed by atoms with E-state index < -0.39 is 0 Å². The molecule has 0 radical (unpaired) electrons. The second-order valence-electron chi connectivity index (χ2n) is 8.17. The molecule has 36 heavy (non-hydrogen) atoms. The Labute approximate surface area is 232 Å². The van der Waals surface area contributed by atoms with E-state index >= 15 is 0 Å². The molecule has 3 aromatic rings. The van der Waals surface area contributed by atoms with E-state index in [-0.39, 0.29) is 30.9 Å². The second-order valence-corrected chi connectivity index (χ2v) is 10.9. The molecule has 0 saturated carbocycles. The molecule has 186 valence electrons. The molecule has 1 saturated heterocycles. The number of amides is 2. The Hall–Kier alpha value is -2.45. The Morgan fingerprint density at radius 2 is 1.78 bits per heavy atom. The van der Waals surface area contributed by atoms with Crippen molar-refractivity contribution in [3.63, 3.8) is 0 Å². The first-order valence-corrected chi connectivity index (χ1v) is 13.4. The first-order chi connectivity index (χ1) is 17.2. The zero-order valence-electron chi connectivity index (χ0n) is 19.5. The molecule has 0 unspecified atom stereocenters. The smallest absolute Gasteiger partial charge is 0.293 e. The minimum absolute atomic E-state index is 0.180. The number of imide groups is 1. The Morgan fingerprint density at radius 1 is 0.972 bits per heavy atom. The summed E-state index contributed by atoms with van der Waals surface area (Å²) in [6.45, 7) is 4.62. The van der Waals surface area contributed by atoms with Crippen LogP contribution < -0.4 is 9.47 Å². The van der Waals surface area contributed by atoms with Crippen LogP contribution in [0.25, 0.3) is 6.08 Å². The lowest BCUT2D eigenvalue weighted by molar-refractivity contribution is -0.123. The minimum atomic E-state index is -0.330. The molecule has 4 rings (SSSR count). The number of carbonyl (C=O) groups is 2. The van der Waals surface area contributed by atoms with Crippen molar-refractivity contribution in [1.29, 1.82) is 0 Å². The fourth-order valence-electron chi connectivity index (χ4n) is 3.47. The standard InChI is InChI=1S/C27H22BrCl2NO4S/c1-16-3-4-17(2)24(11-16)34-10-9-31-26(32)25(36-27(31)33)13-18-5-8-23(21(28)12-18)35-15-19-6-7-20(29)14-22(19)30/h3-8,11-14H,9-10,15H2,1-2H3/b25-13-. The van der Waals surface area contributed by atoms with Gasteiger partial charge in [-0.3, -0.25) is 14.5 Å². The molecular weight excluding hydrogens is 585 g/mol. The Kier molecular flexibility index (Phi) is 8.67. The van der Waals surface area contributed by atoms with Crippen LogP contribution in [0.2, 0.25) is 10.0 Å². The molecule has 9 heteroatoms. The number of hydrogen-bond donors (Lipinski definition) is 0. The average molecular weight is 607 g/mol. The number of rotatable bonds is 8. The van der Waals surface area contributed by atoms with Gasteiger partial charge in [-0.15, -0.1) is 0 Å². The van der Waals surface area contributed by atoms with Crippen LogP contribution in [0.4, 0.5) is 4.79 Å². The maximum absolute atomic E-state index is 12.9. The molecular formula is C27H22BrCl2NO4S. The summed E-state index contributed by atoms with van der Waals surface area (Å²) in [5.41, 5.74) is 3.66. The number of nitrogens with zero attached hydrogens (tertiary/aromatic N) is 1. The Morgan fingerprint density at radius 3 is 2.53 bits per heavy atom. The van der Waals surface area contributed by atoms with Crippen molar-refractivity contribution < 1.29 is 19.1 Å². The lowest BCUT2D eigenvalue weighted by Crippen LogP contribution is -2.32. The molecule has 0 aliphatic carbocycles. The summed E-state index contributed by atoms with van der Waals surface area (Å²) in [6, 6.07) is 16.6. The minimum Gasteiger partial charge on any atom is -0.491 e. The summed E-state index contributed by atoms with van der Waals surface area (Å²) in [6.07, 6.45) is 1.70. The SMILES string of the molecule is Cc1ccc(C)c(OCCN2C(=O)S/C(=C\c3ccc(OCc4ccc(Cl)cc4Cl)c(Br)c3)C2=O)c1. The van der Waals surface area contributed by atoms with Crippen LogP contribution in [0.3, 0.4) is 0 Å². The normalized spacial score (nSPS) is 14.6. The molecule has 0 atom stereocenters. The van der Waals surface area contributed by atoms with Gasteiger partial charge < -0.3 is 9.47 Å². The number of thioether (sulfide) groups is 1. The third kappa shape index (κ3) is 6.45. The van der Waals surface area contributed by atoms with Crippen molar-refractivity contribution in [2.75, 3.05) is 13.2 Å². The molecule has 1 heterocycles. The molecule has 1 aliphatic heterocycles. The zero-order valence-corrected chi connectivity index (χ0v) is 23.4. The summed E-state index contributed by atoms with van der Waals surface area (Å²) in [5, 5.41) is 0.785. The van der Waals surface area contributed by atoms with Crippen molar-refractivity contribution in [2.24, 2.45) is 0 Å². The van der Waals surface area contributed by atoms with Gasteiger partial charge in [-0.25, -0.2) is 0 Å². The van der Waals surface area contributed by atoms with Crippen molar-refractivity contribution in [2.45, 2.75) is 20.5 Å². The number of halogens is 3. The van der Waals surface area contributed by atoms with Gasteiger partial charge >= 0.3 is 0 Å². The first-order valence-electron chi connectivity index (χ1n) is 11.0. The largest absolute Gasteiger partial charge is 0.491 e. The lowest BCUT2D eigenvalue weighted by Gasteiger charge is -2.14. The van der Waals surface area contributed by atoms with Gasteiger partial charge in [0.15, 0.2) is 0 Å². The quantitative estimate of drug-likeness (QED) is 0.243. The summed E-state index contributed by atoms with van der Waals surface area (Å²) in [4.78, 5) is 26.9. The van der Waals surface area contributed by atoms with Crippen molar-refractivity contribution in [3.8, 4) is 11.5 Å². The molecule has 0 aromatic heterocycles. The van der Waals surface area contributed by atoms with Gasteiger partial charge in [0.2, 0.25) is 0 Å². The van der Waals surface area contributed by atoms with Crippen LogP contribution in [0.1, 0.15) is 22.3 Å². The van der Waals surface area contributed by atoms with Gasteiger partial charge in [0.1, 0.15) is 24.7 Å². The summed E-state index contributed by atoms with van der Waals surface area (Å²) >= 11 is 16.6. The predicted octanol–water partition coefficient (Wildman–Crippen LogP) is 8.07. The molecule has 0 N–H and O–H groups in total. The number of ether oxygens (including phenoxy) is 2. The lowest BCUT2D eigenvalue weighted by atomic mass is 10.1. The van der Waals surface area contributed by atoms with Gasteiger partial charge in [-0.1, -0.05) is 47.5 Å². The third-order valence-electron chi connectivity index (χ3n) is 5.44. The average Bonchev–Trinajstić information content (AvgIpc) is 3.09.